The summed E-state index contributed by atoms with van der Waals surface area (Å²) in [6, 6.07) is 11.5. The van der Waals surface area contributed by atoms with E-state index in [2.05, 4.69) is 5.32 Å². The first-order valence-electron chi connectivity index (χ1n) is 10.9. The van der Waals surface area contributed by atoms with E-state index in [0.29, 0.717) is 31.8 Å². The van der Waals surface area contributed by atoms with Gasteiger partial charge in [-0.1, -0.05) is 6.07 Å². The molecule has 7 nitrogen and oxygen atoms in total. The minimum absolute atomic E-state index is 0.00774. The lowest BCUT2D eigenvalue weighted by Crippen LogP contribution is -2.34. The van der Waals surface area contributed by atoms with E-state index in [0.717, 1.165) is 54.1 Å². The number of fused-ring (bicyclic) bond motifs is 2. The number of carbonyl (C=O) groups is 2. The summed E-state index contributed by atoms with van der Waals surface area (Å²) in [5, 5.41) is 2.86. The van der Waals surface area contributed by atoms with E-state index in [1.54, 1.807) is 6.07 Å². The molecule has 0 radical (unpaired) electrons. The van der Waals surface area contributed by atoms with E-state index in [1.165, 1.54) is 0 Å². The van der Waals surface area contributed by atoms with Crippen molar-refractivity contribution >= 4 is 17.5 Å². The average molecular weight is 422 g/mol. The molecule has 1 atom stereocenters. The van der Waals surface area contributed by atoms with Gasteiger partial charge in [-0.05, 0) is 60.7 Å². The van der Waals surface area contributed by atoms with Gasteiger partial charge in [-0.15, -0.1) is 0 Å². The van der Waals surface area contributed by atoms with Gasteiger partial charge in [0, 0.05) is 25.1 Å². The zero-order valence-electron chi connectivity index (χ0n) is 17.4. The summed E-state index contributed by atoms with van der Waals surface area (Å²) in [5.41, 5.74) is 2.93. The molecule has 0 aliphatic carbocycles. The number of ether oxygens (including phenoxy) is 3. The maximum absolute atomic E-state index is 13.0. The summed E-state index contributed by atoms with van der Waals surface area (Å²) in [4.78, 5) is 26.4. The number of anilines is 1. The van der Waals surface area contributed by atoms with Crippen LogP contribution in [0.1, 0.15) is 42.9 Å². The number of carbonyl (C=O) groups excluding carboxylic acids is 2. The Labute approximate surface area is 181 Å². The monoisotopic (exact) mass is 422 g/mol. The summed E-state index contributed by atoms with van der Waals surface area (Å²) in [6.07, 6.45) is 3.91. The Morgan fingerprint density at radius 3 is 2.84 bits per heavy atom. The molecule has 3 aliphatic rings. The molecule has 3 aliphatic heterocycles. The van der Waals surface area contributed by atoms with Crippen LogP contribution in [0.3, 0.4) is 0 Å². The fourth-order valence-corrected chi connectivity index (χ4v) is 4.48. The fourth-order valence-electron chi connectivity index (χ4n) is 4.48. The van der Waals surface area contributed by atoms with E-state index in [-0.39, 0.29) is 24.5 Å². The van der Waals surface area contributed by atoms with Gasteiger partial charge in [0.05, 0.1) is 19.3 Å². The summed E-state index contributed by atoms with van der Waals surface area (Å²) in [5.74, 6) is 2.18. The van der Waals surface area contributed by atoms with E-state index >= 15 is 0 Å². The molecule has 2 aromatic rings. The first-order valence-corrected chi connectivity index (χ1v) is 10.9. The minimum Gasteiger partial charge on any atom is -0.490 e. The molecule has 0 aromatic heterocycles. The SMILES string of the molecule is O=C1CCc2cc(OCC(=O)N3CCC[C@@H]3c3ccc4c(c3)OCCCO4)ccc2N1. The molecule has 5 rings (SSSR count). The molecule has 31 heavy (non-hydrogen) atoms. The van der Waals surface area contributed by atoms with Crippen LogP contribution >= 0.6 is 0 Å². The van der Waals surface area contributed by atoms with Crippen molar-refractivity contribution in [2.75, 3.05) is 31.7 Å². The van der Waals surface area contributed by atoms with Crippen molar-refractivity contribution in [3.8, 4) is 17.2 Å². The van der Waals surface area contributed by atoms with Gasteiger partial charge < -0.3 is 24.4 Å². The lowest BCUT2D eigenvalue weighted by atomic mass is 10.0. The van der Waals surface area contributed by atoms with Crippen molar-refractivity contribution in [1.82, 2.24) is 4.90 Å². The number of aryl methyl sites for hydroxylation is 1. The summed E-state index contributed by atoms with van der Waals surface area (Å²) in [6.45, 7) is 2.01. The third-order valence-corrected chi connectivity index (χ3v) is 6.06. The van der Waals surface area contributed by atoms with Crippen LogP contribution in [0.5, 0.6) is 17.2 Å². The maximum Gasteiger partial charge on any atom is 0.261 e. The number of rotatable bonds is 4. The summed E-state index contributed by atoms with van der Waals surface area (Å²) >= 11 is 0. The first-order chi connectivity index (χ1) is 15.2. The highest BCUT2D eigenvalue weighted by molar-refractivity contribution is 5.94. The van der Waals surface area contributed by atoms with Gasteiger partial charge in [0.15, 0.2) is 18.1 Å². The summed E-state index contributed by atoms with van der Waals surface area (Å²) < 4.78 is 17.4. The molecule has 0 bridgehead atoms. The Morgan fingerprint density at radius 1 is 1.06 bits per heavy atom. The van der Waals surface area contributed by atoms with E-state index in [9.17, 15) is 9.59 Å². The van der Waals surface area contributed by atoms with E-state index in [4.69, 9.17) is 14.2 Å². The molecule has 1 N–H and O–H groups in total. The van der Waals surface area contributed by atoms with Gasteiger partial charge in [-0.25, -0.2) is 0 Å². The standard InChI is InChI=1S/C24H26N2O5/c27-23-9-5-16-13-18(6-7-19(16)25-23)31-15-24(28)26-10-1-3-20(26)17-4-8-21-22(14-17)30-12-2-11-29-21/h4,6-8,13-14,20H,1-3,5,9-12,15H2,(H,25,27)/t20-/m1/s1. The van der Waals surface area contributed by atoms with Gasteiger partial charge in [0.25, 0.3) is 5.91 Å². The third kappa shape index (κ3) is 4.17. The Balaban J connectivity index is 1.25. The molecule has 0 saturated carbocycles. The Kier molecular flexibility index (Phi) is 5.40. The van der Waals surface area contributed by atoms with Crippen LogP contribution in [0.2, 0.25) is 0 Å². The van der Waals surface area contributed by atoms with E-state index in [1.807, 2.05) is 35.2 Å². The molecule has 2 amide bonds. The number of nitrogens with zero attached hydrogens (tertiary/aromatic N) is 1. The minimum atomic E-state index is -0.0272. The number of nitrogens with one attached hydrogen (secondary N) is 1. The van der Waals surface area contributed by atoms with Crippen molar-refractivity contribution < 1.29 is 23.8 Å². The van der Waals surface area contributed by atoms with Crippen LogP contribution < -0.4 is 19.5 Å². The normalized spacial score (nSPS) is 19.9. The molecule has 3 heterocycles. The number of amides is 2. The van der Waals surface area contributed by atoms with Crippen LogP contribution in [-0.2, 0) is 16.0 Å². The molecule has 7 heteroatoms. The highest BCUT2D eigenvalue weighted by Crippen LogP contribution is 2.38. The number of likely N-dealkylation sites (tertiary alicyclic amines) is 1. The van der Waals surface area contributed by atoms with E-state index < -0.39 is 0 Å². The Morgan fingerprint density at radius 2 is 1.94 bits per heavy atom. The Bertz CT molecular complexity index is 1010. The maximum atomic E-state index is 13.0. The topological polar surface area (TPSA) is 77.1 Å². The molecule has 0 unspecified atom stereocenters. The van der Waals surface area contributed by atoms with Gasteiger partial charge in [0.1, 0.15) is 5.75 Å². The van der Waals surface area contributed by atoms with Crippen molar-refractivity contribution in [3.63, 3.8) is 0 Å². The molecule has 162 valence electrons. The highest BCUT2D eigenvalue weighted by atomic mass is 16.5. The molecule has 1 saturated heterocycles. The lowest BCUT2D eigenvalue weighted by molar-refractivity contribution is -0.134. The van der Waals surface area contributed by atoms with Gasteiger partial charge in [-0.2, -0.15) is 0 Å². The van der Waals surface area contributed by atoms with Crippen molar-refractivity contribution in [3.05, 3.63) is 47.5 Å². The average Bonchev–Trinajstić information content (AvgIpc) is 3.16. The van der Waals surface area contributed by atoms with Crippen molar-refractivity contribution in [2.24, 2.45) is 0 Å². The van der Waals surface area contributed by atoms with Crippen LogP contribution in [-0.4, -0.2) is 43.1 Å². The largest absolute Gasteiger partial charge is 0.490 e. The summed E-state index contributed by atoms with van der Waals surface area (Å²) in [7, 11) is 0. The van der Waals surface area contributed by atoms with Gasteiger partial charge >= 0.3 is 0 Å². The van der Waals surface area contributed by atoms with Crippen LogP contribution in [0.25, 0.3) is 0 Å². The quantitative estimate of drug-likeness (QED) is 0.816. The number of benzene rings is 2. The predicted molar refractivity (Wildman–Crippen MR) is 115 cm³/mol. The van der Waals surface area contributed by atoms with Crippen LogP contribution in [0, 0.1) is 0 Å². The first kappa shape index (κ1) is 19.7. The second kappa shape index (κ2) is 8.49. The zero-order valence-corrected chi connectivity index (χ0v) is 17.4. The van der Waals surface area contributed by atoms with Crippen LogP contribution in [0.15, 0.2) is 36.4 Å². The van der Waals surface area contributed by atoms with Crippen molar-refractivity contribution in [1.29, 1.82) is 0 Å². The Hall–Kier alpha value is -3.22. The second-order valence-electron chi connectivity index (χ2n) is 8.16. The fraction of sp³-hybridized carbons (Fsp3) is 0.417. The molecular formula is C24H26N2O5. The lowest BCUT2D eigenvalue weighted by Gasteiger charge is -2.26. The third-order valence-electron chi connectivity index (χ3n) is 6.06. The number of hydrogen-bond acceptors (Lipinski definition) is 5. The molecule has 2 aromatic carbocycles. The number of hydrogen-bond donors (Lipinski definition) is 1. The highest BCUT2D eigenvalue weighted by Gasteiger charge is 2.31. The zero-order chi connectivity index (χ0) is 21.2. The second-order valence-corrected chi connectivity index (χ2v) is 8.16. The predicted octanol–water partition coefficient (Wildman–Crippen LogP) is 3.48. The van der Waals surface area contributed by atoms with Crippen LogP contribution in [0.4, 0.5) is 5.69 Å². The van der Waals surface area contributed by atoms with Gasteiger partial charge in [0.2, 0.25) is 5.91 Å². The van der Waals surface area contributed by atoms with Gasteiger partial charge in [-0.3, -0.25) is 9.59 Å². The molecule has 1 fully saturated rings. The van der Waals surface area contributed by atoms with Crippen molar-refractivity contribution in [2.45, 2.75) is 38.1 Å². The molecular weight excluding hydrogens is 396 g/mol. The molecule has 0 spiro atoms. The smallest absolute Gasteiger partial charge is 0.261 e.